The predicted octanol–water partition coefficient (Wildman–Crippen LogP) is 0.995. The van der Waals surface area contributed by atoms with Gasteiger partial charge >= 0.3 is 5.97 Å². The number of ether oxygens (including phenoxy) is 1. The maximum atomic E-state index is 11.4. The molecule has 18 heavy (non-hydrogen) atoms. The minimum absolute atomic E-state index is 0.131. The molecule has 1 aromatic heterocycles. The maximum absolute atomic E-state index is 11.4. The molecule has 1 aromatic carbocycles. The van der Waals surface area contributed by atoms with Crippen LogP contribution in [-0.2, 0) is 9.53 Å². The Morgan fingerprint density at radius 1 is 1.50 bits per heavy atom. The average Bonchev–Trinajstić information content (AvgIpc) is 2.82. The Morgan fingerprint density at radius 2 is 2.22 bits per heavy atom. The number of aromatic nitrogens is 3. The van der Waals surface area contributed by atoms with Crippen molar-refractivity contribution in [3.05, 3.63) is 24.3 Å². The normalized spacial score (nSPS) is 13.6. The molecule has 94 valence electrons. The van der Waals surface area contributed by atoms with Crippen molar-refractivity contribution in [3.63, 3.8) is 0 Å². The minimum atomic E-state index is -0.704. The second kappa shape index (κ2) is 4.82. The summed E-state index contributed by atoms with van der Waals surface area (Å²) in [7, 11) is 1.22. The van der Waals surface area contributed by atoms with Crippen LogP contribution in [0.5, 0.6) is 0 Å². The van der Waals surface area contributed by atoms with Crippen molar-refractivity contribution < 1.29 is 14.7 Å². The zero-order chi connectivity index (χ0) is 13.1. The lowest BCUT2D eigenvalue weighted by molar-refractivity contribution is -0.133. The first-order valence-corrected chi connectivity index (χ1v) is 5.29. The van der Waals surface area contributed by atoms with Crippen molar-refractivity contribution in [2.24, 2.45) is 5.16 Å². The van der Waals surface area contributed by atoms with Gasteiger partial charge in [-0.05, 0) is 19.1 Å². The Hall–Kier alpha value is -2.44. The molecule has 0 amide bonds. The SMILES string of the molecule is COC(=O)/C(=N/O)C(C)n1nnc2ccccc21. The van der Waals surface area contributed by atoms with Gasteiger partial charge in [0.2, 0.25) is 0 Å². The molecule has 1 atom stereocenters. The van der Waals surface area contributed by atoms with E-state index in [9.17, 15) is 4.79 Å². The van der Waals surface area contributed by atoms with Gasteiger partial charge in [0.15, 0.2) is 5.71 Å². The second-order valence-electron chi connectivity index (χ2n) is 3.68. The number of para-hydroxylation sites is 1. The summed E-state index contributed by atoms with van der Waals surface area (Å²) in [5.74, 6) is -0.704. The van der Waals surface area contributed by atoms with Crippen molar-refractivity contribution in [2.75, 3.05) is 7.11 Å². The molecule has 2 rings (SSSR count). The monoisotopic (exact) mass is 248 g/mol. The van der Waals surface area contributed by atoms with Crippen LogP contribution in [0.4, 0.5) is 0 Å². The number of nitrogens with zero attached hydrogens (tertiary/aromatic N) is 4. The highest BCUT2D eigenvalue weighted by atomic mass is 16.5. The van der Waals surface area contributed by atoms with Gasteiger partial charge in [-0.15, -0.1) is 5.10 Å². The van der Waals surface area contributed by atoms with Gasteiger partial charge in [-0.1, -0.05) is 22.5 Å². The molecule has 0 fully saturated rings. The molecule has 0 aliphatic carbocycles. The van der Waals surface area contributed by atoms with Gasteiger partial charge in [0.25, 0.3) is 0 Å². The summed E-state index contributed by atoms with van der Waals surface area (Å²) < 4.78 is 6.04. The summed E-state index contributed by atoms with van der Waals surface area (Å²) in [5, 5.41) is 19.8. The van der Waals surface area contributed by atoms with Gasteiger partial charge in [0.05, 0.1) is 12.6 Å². The van der Waals surface area contributed by atoms with Gasteiger partial charge in [-0.25, -0.2) is 9.48 Å². The first kappa shape index (κ1) is 12.0. The van der Waals surface area contributed by atoms with Crippen LogP contribution in [0.2, 0.25) is 0 Å². The van der Waals surface area contributed by atoms with Crippen molar-refractivity contribution in [1.29, 1.82) is 0 Å². The molecule has 0 saturated carbocycles. The number of esters is 1. The first-order chi connectivity index (χ1) is 8.69. The van der Waals surface area contributed by atoms with Gasteiger partial charge in [-0.2, -0.15) is 0 Å². The summed E-state index contributed by atoms with van der Waals surface area (Å²) in [6.07, 6.45) is 0. The third-order valence-electron chi connectivity index (χ3n) is 2.64. The zero-order valence-corrected chi connectivity index (χ0v) is 9.94. The molecule has 7 heteroatoms. The Balaban J connectivity index is 2.45. The Labute approximate surface area is 103 Å². The van der Waals surface area contributed by atoms with Crippen LogP contribution < -0.4 is 0 Å². The van der Waals surface area contributed by atoms with E-state index >= 15 is 0 Å². The first-order valence-electron chi connectivity index (χ1n) is 5.29. The maximum Gasteiger partial charge on any atom is 0.358 e. The van der Waals surface area contributed by atoms with E-state index in [0.717, 1.165) is 5.52 Å². The Morgan fingerprint density at radius 3 is 2.89 bits per heavy atom. The smallest absolute Gasteiger partial charge is 0.358 e. The molecule has 0 bridgehead atoms. The number of carbonyl (C=O) groups excluding carboxylic acids is 1. The number of methoxy groups -OCH3 is 1. The summed E-state index contributed by atoms with van der Waals surface area (Å²) in [4.78, 5) is 11.4. The fourth-order valence-corrected chi connectivity index (χ4v) is 1.69. The van der Waals surface area contributed by atoms with E-state index in [-0.39, 0.29) is 5.71 Å². The molecular formula is C11H12N4O3. The topological polar surface area (TPSA) is 89.6 Å². The quantitative estimate of drug-likeness (QED) is 0.378. The molecule has 1 N–H and O–H groups in total. The molecule has 7 nitrogen and oxygen atoms in total. The molecule has 0 spiro atoms. The van der Waals surface area contributed by atoms with Crippen LogP contribution >= 0.6 is 0 Å². The Kier molecular flexibility index (Phi) is 3.22. The molecule has 0 aliphatic heterocycles. The van der Waals surface area contributed by atoms with E-state index in [1.807, 2.05) is 18.2 Å². The minimum Gasteiger partial charge on any atom is -0.464 e. The van der Waals surface area contributed by atoms with Gasteiger partial charge in [0.1, 0.15) is 11.6 Å². The van der Waals surface area contributed by atoms with E-state index in [1.165, 1.54) is 11.8 Å². The summed E-state index contributed by atoms with van der Waals surface area (Å²) in [5.41, 5.74) is 1.31. The fourth-order valence-electron chi connectivity index (χ4n) is 1.69. The van der Waals surface area contributed by atoms with Crippen molar-refractivity contribution >= 4 is 22.7 Å². The van der Waals surface area contributed by atoms with Crippen molar-refractivity contribution in [3.8, 4) is 0 Å². The van der Waals surface area contributed by atoms with Crippen LogP contribution in [-0.4, -0.2) is 39.0 Å². The molecule has 0 aliphatic rings. The zero-order valence-electron chi connectivity index (χ0n) is 9.94. The lowest BCUT2D eigenvalue weighted by Gasteiger charge is -2.12. The summed E-state index contributed by atoms with van der Waals surface area (Å²) in [6, 6.07) is 6.73. The largest absolute Gasteiger partial charge is 0.464 e. The van der Waals surface area contributed by atoms with Crippen LogP contribution in [0, 0.1) is 0 Å². The van der Waals surface area contributed by atoms with E-state index in [1.54, 1.807) is 13.0 Å². The number of carbonyl (C=O) groups is 1. The van der Waals surface area contributed by atoms with E-state index in [2.05, 4.69) is 20.2 Å². The van der Waals surface area contributed by atoms with Gasteiger partial charge < -0.3 is 9.94 Å². The van der Waals surface area contributed by atoms with E-state index in [4.69, 9.17) is 5.21 Å². The highest BCUT2D eigenvalue weighted by molar-refractivity contribution is 6.37. The number of fused-ring (bicyclic) bond motifs is 1. The van der Waals surface area contributed by atoms with E-state index < -0.39 is 12.0 Å². The highest BCUT2D eigenvalue weighted by Crippen LogP contribution is 2.16. The molecule has 0 saturated heterocycles. The number of benzene rings is 1. The summed E-state index contributed by atoms with van der Waals surface area (Å²) in [6.45, 7) is 1.67. The molecular weight excluding hydrogens is 236 g/mol. The standard InChI is InChI=1S/C11H12N4O3/c1-7(10(13-17)11(16)18-2)15-9-6-4-3-5-8(9)12-14-15/h3-7,17H,1-2H3/b13-10+. The lowest BCUT2D eigenvalue weighted by atomic mass is 10.2. The van der Waals surface area contributed by atoms with E-state index in [0.29, 0.717) is 5.52 Å². The second-order valence-corrected chi connectivity index (χ2v) is 3.68. The molecule has 0 radical (unpaired) electrons. The molecule has 2 aromatic rings. The number of hydrogen-bond acceptors (Lipinski definition) is 6. The summed E-state index contributed by atoms with van der Waals surface area (Å²) >= 11 is 0. The van der Waals surface area contributed by atoms with Crippen LogP contribution in [0.1, 0.15) is 13.0 Å². The third-order valence-corrected chi connectivity index (χ3v) is 2.64. The number of rotatable bonds is 3. The van der Waals surface area contributed by atoms with Crippen molar-refractivity contribution in [1.82, 2.24) is 15.0 Å². The van der Waals surface area contributed by atoms with Crippen molar-refractivity contribution in [2.45, 2.75) is 13.0 Å². The Bertz CT molecular complexity index is 605. The number of oxime groups is 1. The molecule has 1 unspecified atom stereocenters. The predicted molar refractivity (Wildman–Crippen MR) is 63.5 cm³/mol. The van der Waals surface area contributed by atoms with Crippen LogP contribution in [0.3, 0.4) is 0 Å². The number of hydrogen-bond donors (Lipinski definition) is 1. The van der Waals surface area contributed by atoms with Crippen LogP contribution in [0.15, 0.2) is 29.4 Å². The van der Waals surface area contributed by atoms with Gasteiger partial charge in [-0.3, -0.25) is 0 Å². The molecule has 1 heterocycles. The van der Waals surface area contributed by atoms with Crippen LogP contribution in [0.25, 0.3) is 11.0 Å². The third kappa shape index (κ3) is 1.90. The highest BCUT2D eigenvalue weighted by Gasteiger charge is 2.24. The average molecular weight is 248 g/mol. The lowest BCUT2D eigenvalue weighted by Crippen LogP contribution is -2.26. The fraction of sp³-hybridized carbons (Fsp3) is 0.273. The van der Waals surface area contributed by atoms with Gasteiger partial charge in [0, 0.05) is 0 Å².